The van der Waals surface area contributed by atoms with Crippen molar-refractivity contribution in [2.75, 3.05) is 32.8 Å². The van der Waals surface area contributed by atoms with Crippen LogP contribution in [0, 0.1) is 11.3 Å². The summed E-state index contributed by atoms with van der Waals surface area (Å²) in [5.74, 6) is 1.45. The second-order valence-corrected chi connectivity index (χ2v) is 6.41. The molecular formula is C14H28IN3O. The van der Waals surface area contributed by atoms with Crippen LogP contribution in [0.5, 0.6) is 0 Å². The highest BCUT2D eigenvalue weighted by molar-refractivity contribution is 14.0. The van der Waals surface area contributed by atoms with Gasteiger partial charge in [-0.25, -0.2) is 0 Å². The molecule has 2 N–H and O–H groups in total. The molecule has 0 amide bonds. The minimum absolute atomic E-state index is 0. The Kier molecular flexibility index (Phi) is 6.86. The molecule has 0 radical (unpaired) electrons. The molecule has 19 heavy (non-hydrogen) atoms. The summed E-state index contributed by atoms with van der Waals surface area (Å²) >= 11 is 0. The van der Waals surface area contributed by atoms with Gasteiger partial charge < -0.3 is 15.4 Å². The van der Waals surface area contributed by atoms with Crippen LogP contribution in [0.2, 0.25) is 0 Å². The van der Waals surface area contributed by atoms with Crippen molar-refractivity contribution in [3.05, 3.63) is 0 Å². The standard InChI is InChI=1S/C14H27N3O.HI/c1-14(2)5-3-12(4-6-14)11-16-13(15)17-7-9-18-10-8-17;/h12H,3-11H2,1-2H3,(H2,15,16);1H. The average Bonchev–Trinajstić information content (AvgIpc) is 2.38. The van der Waals surface area contributed by atoms with Crippen molar-refractivity contribution in [3.8, 4) is 0 Å². The van der Waals surface area contributed by atoms with Crippen LogP contribution in [-0.4, -0.2) is 43.7 Å². The lowest BCUT2D eigenvalue weighted by molar-refractivity contribution is 0.0673. The van der Waals surface area contributed by atoms with E-state index < -0.39 is 0 Å². The van der Waals surface area contributed by atoms with Crippen molar-refractivity contribution in [1.29, 1.82) is 0 Å². The normalized spacial score (nSPS) is 24.9. The van der Waals surface area contributed by atoms with Crippen LogP contribution in [0.25, 0.3) is 0 Å². The first kappa shape index (κ1) is 17.0. The Labute approximate surface area is 134 Å². The molecule has 5 heteroatoms. The van der Waals surface area contributed by atoms with E-state index in [0.29, 0.717) is 11.4 Å². The van der Waals surface area contributed by atoms with Gasteiger partial charge in [0, 0.05) is 19.6 Å². The first-order chi connectivity index (χ1) is 8.57. The molecule has 0 aromatic rings. The zero-order chi connectivity index (χ0) is 13.0. The summed E-state index contributed by atoms with van der Waals surface area (Å²) in [4.78, 5) is 6.72. The summed E-state index contributed by atoms with van der Waals surface area (Å²) in [7, 11) is 0. The smallest absolute Gasteiger partial charge is 0.191 e. The number of halogens is 1. The van der Waals surface area contributed by atoms with Crippen LogP contribution in [0.1, 0.15) is 39.5 Å². The van der Waals surface area contributed by atoms with Crippen molar-refractivity contribution in [3.63, 3.8) is 0 Å². The summed E-state index contributed by atoms with van der Waals surface area (Å²) in [5.41, 5.74) is 6.58. The van der Waals surface area contributed by atoms with E-state index in [1.807, 2.05) is 0 Å². The Morgan fingerprint density at radius 1 is 1.26 bits per heavy atom. The molecule has 0 aromatic heterocycles. The van der Waals surface area contributed by atoms with E-state index in [2.05, 4.69) is 23.7 Å². The lowest BCUT2D eigenvalue weighted by Crippen LogP contribution is -2.45. The van der Waals surface area contributed by atoms with Gasteiger partial charge in [-0.15, -0.1) is 24.0 Å². The van der Waals surface area contributed by atoms with E-state index >= 15 is 0 Å². The minimum atomic E-state index is 0. The van der Waals surface area contributed by atoms with Crippen LogP contribution in [-0.2, 0) is 4.74 Å². The third-order valence-corrected chi connectivity index (χ3v) is 4.31. The molecule has 1 aliphatic carbocycles. The Bertz CT molecular complexity index is 291. The predicted octanol–water partition coefficient (Wildman–Crippen LogP) is 2.47. The summed E-state index contributed by atoms with van der Waals surface area (Å²) in [6.45, 7) is 8.95. The number of rotatable bonds is 2. The van der Waals surface area contributed by atoms with Crippen molar-refractivity contribution < 1.29 is 4.74 Å². The highest BCUT2D eigenvalue weighted by Gasteiger charge is 2.26. The zero-order valence-corrected chi connectivity index (χ0v) is 14.6. The maximum Gasteiger partial charge on any atom is 0.191 e. The number of hydrogen-bond acceptors (Lipinski definition) is 2. The highest BCUT2D eigenvalue weighted by atomic mass is 127. The predicted molar refractivity (Wildman–Crippen MR) is 90.0 cm³/mol. The third kappa shape index (κ3) is 5.45. The van der Waals surface area contributed by atoms with Gasteiger partial charge in [-0.3, -0.25) is 4.99 Å². The van der Waals surface area contributed by atoms with Crippen LogP contribution in [0.3, 0.4) is 0 Å². The molecule has 1 saturated heterocycles. The third-order valence-electron chi connectivity index (χ3n) is 4.31. The number of nitrogens with zero attached hydrogens (tertiary/aromatic N) is 2. The highest BCUT2D eigenvalue weighted by Crippen LogP contribution is 2.37. The van der Waals surface area contributed by atoms with Crippen LogP contribution < -0.4 is 5.73 Å². The second kappa shape index (κ2) is 7.67. The Balaban J connectivity index is 0.00000180. The molecular weight excluding hydrogens is 353 g/mol. The maximum atomic E-state index is 6.04. The lowest BCUT2D eigenvalue weighted by atomic mass is 9.73. The fraction of sp³-hybridized carbons (Fsp3) is 0.929. The van der Waals surface area contributed by atoms with Gasteiger partial charge in [0.25, 0.3) is 0 Å². The molecule has 0 atom stereocenters. The summed E-state index contributed by atoms with van der Waals surface area (Å²) in [5, 5.41) is 0. The van der Waals surface area contributed by atoms with E-state index in [9.17, 15) is 0 Å². The molecule has 0 bridgehead atoms. The summed E-state index contributed by atoms with van der Waals surface area (Å²) in [6, 6.07) is 0. The van der Waals surface area contributed by atoms with Crippen molar-refractivity contribution in [1.82, 2.24) is 4.90 Å². The quantitative estimate of drug-likeness (QED) is 0.454. The number of nitrogens with two attached hydrogens (primary N) is 1. The monoisotopic (exact) mass is 381 g/mol. The molecule has 0 spiro atoms. The Morgan fingerprint density at radius 3 is 2.42 bits per heavy atom. The second-order valence-electron chi connectivity index (χ2n) is 6.41. The molecule has 2 rings (SSSR count). The number of guanidine groups is 1. The van der Waals surface area contributed by atoms with Crippen molar-refractivity contribution >= 4 is 29.9 Å². The Morgan fingerprint density at radius 2 is 1.84 bits per heavy atom. The number of hydrogen-bond donors (Lipinski definition) is 1. The van der Waals surface area contributed by atoms with E-state index in [4.69, 9.17) is 10.5 Å². The van der Waals surface area contributed by atoms with Gasteiger partial charge in [-0.2, -0.15) is 0 Å². The summed E-state index contributed by atoms with van der Waals surface area (Å²) in [6.07, 6.45) is 5.25. The van der Waals surface area contributed by atoms with Gasteiger partial charge in [0.05, 0.1) is 13.2 Å². The first-order valence-corrected chi connectivity index (χ1v) is 7.19. The van der Waals surface area contributed by atoms with E-state index in [1.165, 1.54) is 25.7 Å². The molecule has 2 fully saturated rings. The largest absolute Gasteiger partial charge is 0.378 e. The Hall–Kier alpha value is -0.0400. The van der Waals surface area contributed by atoms with E-state index in [-0.39, 0.29) is 24.0 Å². The maximum absolute atomic E-state index is 6.04. The number of aliphatic imine (C=N–C) groups is 1. The van der Waals surface area contributed by atoms with Gasteiger partial charge >= 0.3 is 0 Å². The molecule has 0 unspecified atom stereocenters. The SMILES string of the molecule is CC1(C)CCC(CN=C(N)N2CCOCC2)CC1.I. The van der Waals surface area contributed by atoms with Crippen molar-refractivity contribution in [2.24, 2.45) is 22.1 Å². The fourth-order valence-corrected chi connectivity index (χ4v) is 2.76. The summed E-state index contributed by atoms with van der Waals surface area (Å²) < 4.78 is 5.32. The molecule has 112 valence electrons. The average molecular weight is 381 g/mol. The lowest BCUT2D eigenvalue weighted by Gasteiger charge is -2.34. The number of morpholine rings is 1. The van der Waals surface area contributed by atoms with Gasteiger partial charge in [0.1, 0.15) is 0 Å². The molecule has 1 heterocycles. The molecule has 4 nitrogen and oxygen atoms in total. The molecule has 0 aromatic carbocycles. The van der Waals surface area contributed by atoms with Crippen molar-refractivity contribution in [2.45, 2.75) is 39.5 Å². The van der Waals surface area contributed by atoms with Crippen LogP contribution in [0.15, 0.2) is 4.99 Å². The van der Waals surface area contributed by atoms with E-state index in [0.717, 1.165) is 38.8 Å². The molecule has 2 aliphatic rings. The van der Waals surface area contributed by atoms with Gasteiger partial charge in [-0.05, 0) is 37.0 Å². The van der Waals surface area contributed by atoms with Gasteiger partial charge in [0.2, 0.25) is 0 Å². The van der Waals surface area contributed by atoms with Gasteiger partial charge in [0.15, 0.2) is 5.96 Å². The fourth-order valence-electron chi connectivity index (χ4n) is 2.76. The minimum Gasteiger partial charge on any atom is -0.378 e. The molecule has 1 saturated carbocycles. The topological polar surface area (TPSA) is 50.8 Å². The van der Waals surface area contributed by atoms with E-state index in [1.54, 1.807) is 0 Å². The van der Waals surface area contributed by atoms with Crippen LogP contribution >= 0.6 is 24.0 Å². The zero-order valence-electron chi connectivity index (χ0n) is 12.2. The first-order valence-electron chi connectivity index (χ1n) is 7.19. The number of ether oxygens (including phenoxy) is 1. The van der Waals surface area contributed by atoms with Gasteiger partial charge in [-0.1, -0.05) is 13.8 Å². The molecule has 1 aliphatic heterocycles. The van der Waals surface area contributed by atoms with Crippen LogP contribution in [0.4, 0.5) is 0 Å².